The third-order valence-electron chi connectivity index (χ3n) is 7.96. The van der Waals surface area contributed by atoms with Gasteiger partial charge in [0.1, 0.15) is 22.3 Å². The molecule has 0 saturated heterocycles. The Morgan fingerprint density at radius 3 is 2.47 bits per heavy atom. The molecule has 5 rings (SSSR count). The first kappa shape index (κ1) is 31.1. The van der Waals surface area contributed by atoms with Gasteiger partial charge < -0.3 is 20.1 Å². The van der Waals surface area contributed by atoms with Crippen molar-refractivity contribution in [3.8, 4) is 16.9 Å². The number of benzene rings is 3. The van der Waals surface area contributed by atoms with Crippen LogP contribution in [0.3, 0.4) is 0 Å². The summed E-state index contributed by atoms with van der Waals surface area (Å²) in [6.45, 7) is 0.540. The number of nitrogens with zero attached hydrogens (tertiary/aromatic N) is 1. The van der Waals surface area contributed by atoms with E-state index in [4.69, 9.17) is 21.4 Å². The third-order valence-corrected chi connectivity index (χ3v) is 10.4. The van der Waals surface area contributed by atoms with Crippen LogP contribution >= 0.6 is 34.7 Å². The highest BCUT2D eigenvalue weighted by atomic mass is 35.5. The van der Waals surface area contributed by atoms with Crippen molar-refractivity contribution < 1.29 is 28.2 Å². The number of hydrogen-bond donors (Lipinski definition) is 2. The first-order valence-electron chi connectivity index (χ1n) is 13.8. The number of carbonyl (C=O) groups excluding carboxylic acids is 1. The topological polar surface area (TPSA) is 78.9 Å². The van der Waals surface area contributed by atoms with Crippen molar-refractivity contribution in [3.05, 3.63) is 81.7 Å². The molecule has 1 heterocycles. The second kappa shape index (κ2) is 13.5. The number of ether oxygens (including phenoxy) is 1. The Labute approximate surface area is 262 Å². The van der Waals surface area contributed by atoms with Gasteiger partial charge >= 0.3 is 6.09 Å². The van der Waals surface area contributed by atoms with E-state index >= 15 is 0 Å². The van der Waals surface area contributed by atoms with E-state index in [1.165, 1.54) is 0 Å². The molecule has 3 aromatic carbocycles. The van der Waals surface area contributed by atoms with E-state index in [-0.39, 0.29) is 38.5 Å². The van der Waals surface area contributed by atoms with Gasteiger partial charge in [-0.25, -0.2) is 13.6 Å². The number of halogens is 3. The average molecular weight is 645 g/mol. The second-order valence-corrected chi connectivity index (χ2v) is 12.8. The summed E-state index contributed by atoms with van der Waals surface area (Å²) in [4.78, 5) is 28.2. The van der Waals surface area contributed by atoms with Crippen molar-refractivity contribution in [2.24, 2.45) is 5.92 Å². The third kappa shape index (κ3) is 6.76. The van der Waals surface area contributed by atoms with Gasteiger partial charge in [0.05, 0.1) is 22.2 Å². The Kier molecular flexibility index (Phi) is 9.78. The summed E-state index contributed by atoms with van der Waals surface area (Å²) >= 11 is 9.07. The highest BCUT2D eigenvalue weighted by Crippen LogP contribution is 2.41. The van der Waals surface area contributed by atoms with Crippen LogP contribution in [0.25, 0.3) is 21.2 Å². The predicted molar refractivity (Wildman–Crippen MR) is 169 cm³/mol. The highest BCUT2D eigenvalue weighted by molar-refractivity contribution is 7.98. The molecule has 1 saturated carbocycles. The number of nitrogens with one attached hydrogen (secondary N) is 1. The van der Waals surface area contributed by atoms with Gasteiger partial charge in [0, 0.05) is 29.6 Å². The maximum atomic E-state index is 14.7. The van der Waals surface area contributed by atoms with Crippen LogP contribution in [0.1, 0.15) is 40.9 Å². The number of thiophene rings is 1. The number of carboxylic acid groups (broad SMARTS) is 1. The Morgan fingerprint density at radius 1 is 1.07 bits per heavy atom. The highest BCUT2D eigenvalue weighted by Gasteiger charge is 2.33. The first-order valence-corrected chi connectivity index (χ1v) is 16.3. The number of carbonyl (C=O) groups is 2. The van der Waals surface area contributed by atoms with Crippen LogP contribution in [0, 0.1) is 17.6 Å². The van der Waals surface area contributed by atoms with E-state index in [9.17, 15) is 18.4 Å². The lowest BCUT2D eigenvalue weighted by atomic mass is 9.85. The van der Waals surface area contributed by atoms with Gasteiger partial charge in [0.15, 0.2) is 0 Å². The summed E-state index contributed by atoms with van der Waals surface area (Å²) in [7, 11) is 1.58. The quantitative estimate of drug-likeness (QED) is 0.178. The van der Waals surface area contributed by atoms with E-state index < -0.39 is 23.6 Å². The average Bonchev–Trinajstić information content (AvgIpc) is 3.38. The summed E-state index contributed by atoms with van der Waals surface area (Å²) in [5.74, 6) is -0.962. The SMILES string of the molecule is COc1ccc(-c2cccc(SC)c2)cc1CN(C(=O)c1sc2c(F)ccc(F)c2c1Cl)C1CCC(CNC(=O)O)CC1. The number of thioether (sulfide) groups is 1. The first-order chi connectivity index (χ1) is 20.7. The number of fused-ring (bicyclic) bond motifs is 1. The van der Waals surface area contributed by atoms with Crippen LogP contribution in [0.15, 0.2) is 59.5 Å². The molecule has 0 bridgehead atoms. The number of amides is 2. The lowest BCUT2D eigenvalue weighted by Gasteiger charge is -2.37. The Balaban J connectivity index is 1.52. The van der Waals surface area contributed by atoms with Gasteiger partial charge in [-0.2, -0.15) is 0 Å². The minimum Gasteiger partial charge on any atom is -0.496 e. The molecule has 6 nitrogen and oxygen atoms in total. The van der Waals surface area contributed by atoms with Gasteiger partial charge in [0.2, 0.25) is 0 Å². The number of rotatable bonds is 9. The lowest BCUT2D eigenvalue weighted by molar-refractivity contribution is 0.0592. The van der Waals surface area contributed by atoms with Crippen LogP contribution in [-0.2, 0) is 6.54 Å². The molecular weight excluding hydrogens is 614 g/mol. The van der Waals surface area contributed by atoms with Crippen LogP contribution in [0.5, 0.6) is 5.75 Å². The van der Waals surface area contributed by atoms with E-state index in [1.54, 1.807) is 23.8 Å². The Bertz CT molecular complexity index is 1660. The fraction of sp³-hybridized carbons (Fsp3) is 0.312. The zero-order valence-electron chi connectivity index (χ0n) is 23.7. The molecule has 4 aromatic rings. The summed E-state index contributed by atoms with van der Waals surface area (Å²) in [5.41, 5.74) is 2.78. The molecule has 0 aliphatic heterocycles. The summed E-state index contributed by atoms with van der Waals surface area (Å²) in [6, 6.07) is 15.9. The standard InChI is InChI=1S/C32H31ClF2N2O4S2/c1-41-26-13-8-20(19-4-3-5-23(15-19)42-2)14-21(26)17-37(22-9-6-18(7-10-22)16-36-32(39)40)31(38)30-28(33)27-24(34)11-12-25(35)29(27)43-30/h3-5,8,11-15,18,22,36H,6-7,9-10,16-17H2,1-2H3,(H,39,40). The van der Waals surface area contributed by atoms with Crippen molar-refractivity contribution in [2.45, 2.75) is 43.2 Å². The minimum absolute atomic E-state index is 0.00464. The van der Waals surface area contributed by atoms with Crippen LogP contribution in [-0.4, -0.2) is 48.0 Å². The molecule has 2 N–H and O–H groups in total. The van der Waals surface area contributed by atoms with Gasteiger partial charge in [-0.1, -0.05) is 29.8 Å². The fourth-order valence-electron chi connectivity index (χ4n) is 5.69. The van der Waals surface area contributed by atoms with Crippen LogP contribution < -0.4 is 10.1 Å². The van der Waals surface area contributed by atoms with Crippen LogP contribution in [0.4, 0.5) is 13.6 Å². The molecule has 43 heavy (non-hydrogen) atoms. The van der Waals surface area contributed by atoms with Gasteiger partial charge in [-0.3, -0.25) is 4.79 Å². The van der Waals surface area contributed by atoms with E-state index in [1.807, 2.05) is 42.7 Å². The minimum atomic E-state index is -1.06. The smallest absolute Gasteiger partial charge is 0.404 e. The van der Waals surface area contributed by atoms with Crippen molar-refractivity contribution >= 4 is 56.8 Å². The van der Waals surface area contributed by atoms with Crippen molar-refractivity contribution in [1.29, 1.82) is 0 Å². The summed E-state index contributed by atoms with van der Waals surface area (Å²) in [6.07, 6.45) is 3.67. The maximum Gasteiger partial charge on any atom is 0.404 e. The molecule has 1 aliphatic rings. The van der Waals surface area contributed by atoms with E-state index in [0.29, 0.717) is 25.1 Å². The van der Waals surface area contributed by atoms with Gasteiger partial charge in [0.25, 0.3) is 5.91 Å². The predicted octanol–water partition coefficient (Wildman–Crippen LogP) is 8.70. The molecule has 2 amide bonds. The molecule has 1 aliphatic carbocycles. The van der Waals surface area contributed by atoms with E-state index in [2.05, 4.69) is 11.4 Å². The number of methoxy groups -OCH3 is 1. The van der Waals surface area contributed by atoms with Gasteiger partial charge in [-0.05, 0) is 85.4 Å². The van der Waals surface area contributed by atoms with E-state index in [0.717, 1.165) is 57.9 Å². The van der Waals surface area contributed by atoms with Crippen molar-refractivity contribution in [3.63, 3.8) is 0 Å². The fourth-order valence-corrected chi connectivity index (χ4v) is 7.66. The maximum absolute atomic E-state index is 14.7. The molecule has 0 radical (unpaired) electrons. The largest absolute Gasteiger partial charge is 0.496 e. The summed E-state index contributed by atoms with van der Waals surface area (Å²) in [5, 5.41) is 11.3. The van der Waals surface area contributed by atoms with Gasteiger partial charge in [-0.15, -0.1) is 23.1 Å². The molecule has 1 fully saturated rings. The molecule has 0 unspecified atom stereocenters. The van der Waals surface area contributed by atoms with Crippen molar-refractivity contribution in [1.82, 2.24) is 10.2 Å². The zero-order valence-corrected chi connectivity index (χ0v) is 26.1. The molecule has 0 atom stereocenters. The normalized spacial score (nSPS) is 16.7. The number of hydrogen-bond acceptors (Lipinski definition) is 5. The molecular formula is C32H31ClF2N2O4S2. The Morgan fingerprint density at radius 2 is 1.79 bits per heavy atom. The van der Waals surface area contributed by atoms with Crippen LogP contribution in [0.2, 0.25) is 5.02 Å². The molecule has 226 valence electrons. The second-order valence-electron chi connectivity index (χ2n) is 10.5. The Hall–Kier alpha value is -3.34. The zero-order chi connectivity index (χ0) is 30.7. The van der Waals surface area contributed by atoms with Crippen molar-refractivity contribution in [2.75, 3.05) is 19.9 Å². The molecule has 11 heteroatoms. The lowest BCUT2D eigenvalue weighted by Crippen LogP contribution is -2.43. The summed E-state index contributed by atoms with van der Waals surface area (Å²) < 4.78 is 35.1. The molecule has 0 spiro atoms. The monoisotopic (exact) mass is 644 g/mol. The molecule has 1 aromatic heterocycles.